The zero-order valence-corrected chi connectivity index (χ0v) is 6.34. The Morgan fingerprint density at radius 3 is 2.30 bits per heavy atom. The maximum atomic E-state index is 8.56. The summed E-state index contributed by atoms with van der Waals surface area (Å²) in [5, 5.41) is 16.0. The minimum Gasteiger partial charge on any atom is -0.450 e. The molecule has 2 N–H and O–H groups in total. The molecule has 1 aliphatic heterocycles. The van der Waals surface area contributed by atoms with E-state index in [0.717, 1.165) is 5.88 Å². The van der Waals surface area contributed by atoms with E-state index in [-0.39, 0.29) is 0 Å². The standard InChI is InChI=1S/C4H7NS.CH2O3/c1-5-2-3-6-4-5;2-1(3)4/h2-3H,4H2,1H3;(H2,2,3,4). The van der Waals surface area contributed by atoms with E-state index in [4.69, 9.17) is 15.0 Å². The number of nitrogens with zero attached hydrogens (tertiary/aromatic N) is 1. The fourth-order valence-electron chi connectivity index (χ4n) is 0.351. The van der Waals surface area contributed by atoms with Gasteiger partial charge in [0.2, 0.25) is 0 Å². The quantitative estimate of drug-likeness (QED) is 0.564. The van der Waals surface area contributed by atoms with E-state index in [1.807, 2.05) is 11.8 Å². The van der Waals surface area contributed by atoms with Crippen LogP contribution in [0.1, 0.15) is 0 Å². The summed E-state index contributed by atoms with van der Waals surface area (Å²) in [4.78, 5) is 10.7. The van der Waals surface area contributed by atoms with Gasteiger partial charge in [0.15, 0.2) is 0 Å². The van der Waals surface area contributed by atoms with Gasteiger partial charge in [-0.3, -0.25) is 0 Å². The van der Waals surface area contributed by atoms with Crippen LogP contribution in [-0.4, -0.2) is 34.2 Å². The van der Waals surface area contributed by atoms with Crippen molar-refractivity contribution in [2.75, 3.05) is 12.9 Å². The first kappa shape index (κ1) is 9.16. The summed E-state index contributed by atoms with van der Waals surface area (Å²) >= 11 is 1.83. The van der Waals surface area contributed by atoms with Crippen LogP contribution in [0.25, 0.3) is 0 Å². The number of hydrogen-bond donors (Lipinski definition) is 2. The van der Waals surface area contributed by atoms with Gasteiger partial charge in [0.05, 0.1) is 5.88 Å². The second-order valence-electron chi connectivity index (χ2n) is 1.62. The number of thioether (sulfide) groups is 1. The number of rotatable bonds is 0. The molecule has 1 rings (SSSR count). The summed E-state index contributed by atoms with van der Waals surface area (Å²) in [7, 11) is 2.07. The van der Waals surface area contributed by atoms with E-state index in [0.29, 0.717) is 0 Å². The molecule has 0 aromatic carbocycles. The van der Waals surface area contributed by atoms with Crippen LogP contribution in [-0.2, 0) is 0 Å². The second-order valence-corrected chi connectivity index (χ2v) is 2.48. The maximum absolute atomic E-state index is 8.56. The Labute approximate surface area is 63.1 Å². The van der Waals surface area contributed by atoms with E-state index in [2.05, 4.69) is 23.6 Å². The Morgan fingerprint density at radius 2 is 2.20 bits per heavy atom. The van der Waals surface area contributed by atoms with Crippen molar-refractivity contribution in [2.45, 2.75) is 0 Å². The van der Waals surface area contributed by atoms with Crippen molar-refractivity contribution >= 4 is 17.9 Å². The molecular weight excluding hydrogens is 154 g/mol. The first-order valence-electron chi connectivity index (χ1n) is 2.53. The molecule has 0 amide bonds. The zero-order chi connectivity index (χ0) is 7.98. The lowest BCUT2D eigenvalue weighted by atomic mass is 10.9. The predicted octanol–water partition coefficient (Wildman–Crippen LogP) is 1.32. The molecule has 1 heterocycles. The molecule has 1 aliphatic rings. The average molecular weight is 163 g/mol. The van der Waals surface area contributed by atoms with Crippen molar-refractivity contribution in [3.63, 3.8) is 0 Å². The second kappa shape index (κ2) is 4.99. The first-order chi connectivity index (χ1) is 4.63. The van der Waals surface area contributed by atoms with Crippen molar-refractivity contribution in [3.8, 4) is 0 Å². The van der Waals surface area contributed by atoms with E-state index < -0.39 is 6.16 Å². The number of hydrogen-bond acceptors (Lipinski definition) is 3. The highest BCUT2D eigenvalue weighted by Gasteiger charge is 1.93. The van der Waals surface area contributed by atoms with Gasteiger partial charge in [-0.05, 0) is 5.41 Å². The Hall–Kier alpha value is -0.840. The molecule has 0 aromatic rings. The molecule has 0 aliphatic carbocycles. The van der Waals surface area contributed by atoms with Gasteiger partial charge in [0.1, 0.15) is 0 Å². The van der Waals surface area contributed by atoms with Crippen molar-refractivity contribution in [1.29, 1.82) is 0 Å². The van der Waals surface area contributed by atoms with E-state index in [1.165, 1.54) is 0 Å². The van der Waals surface area contributed by atoms with Crippen LogP contribution < -0.4 is 0 Å². The summed E-state index contributed by atoms with van der Waals surface area (Å²) in [5.41, 5.74) is 0. The largest absolute Gasteiger partial charge is 0.503 e. The van der Waals surface area contributed by atoms with Crippen LogP contribution in [0.5, 0.6) is 0 Å². The van der Waals surface area contributed by atoms with Crippen LogP contribution in [0.4, 0.5) is 4.79 Å². The van der Waals surface area contributed by atoms with Crippen molar-refractivity contribution < 1.29 is 15.0 Å². The van der Waals surface area contributed by atoms with Crippen LogP contribution in [0.3, 0.4) is 0 Å². The molecule has 0 atom stereocenters. The lowest BCUT2D eigenvalue weighted by molar-refractivity contribution is 0.137. The summed E-state index contributed by atoms with van der Waals surface area (Å²) in [6.45, 7) is 0. The average Bonchev–Trinajstić information content (AvgIpc) is 2.15. The van der Waals surface area contributed by atoms with E-state index in [1.54, 1.807) is 0 Å². The molecule has 0 bridgehead atoms. The predicted molar refractivity (Wildman–Crippen MR) is 40.0 cm³/mol. The van der Waals surface area contributed by atoms with Gasteiger partial charge in [0.25, 0.3) is 0 Å². The van der Waals surface area contributed by atoms with Crippen molar-refractivity contribution in [1.82, 2.24) is 4.90 Å². The van der Waals surface area contributed by atoms with Gasteiger partial charge in [-0.25, -0.2) is 4.79 Å². The SMILES string of the molecule is CN1C=CSC1.O=C(O)O. The van der Waals surface area contributed by atoms with Crippen molar-refractivity contribution in [3.05, 3.63) is 11.6 Å². The summed E-state index contributed by atoms with van der Waals surface area (Å²) < 4.78 is 0. The molecule has 0 radical (unpaired) electrons. The topological polar surface area (TPSA) is 60.8 Å². The molecule has 0 unspecified atom stereocenters. The minimum absolute atomic E-state index is 1.12. The first-order valence-corrected chi connectivity index (χ1v) is 3.58. The van der Waals surface area contributed by atoms with E-state index >= 15 is 0 Å². The molecule has 10 heavy (non-hydrogen) atoms. The number of carboxylic acid groups (broad SMARTS) is 2. The number of carbonyl (C=O) groups is 1. The normalized spacial score (nSPS) is 14.3. The molecular formula is C5H9NO3S. The highest BCUT2D eigenvalue weighted by Crippen LogP contribution is 2.11. The summed E-state index contributed by atoms with van der Waals surface area (Å²) in [6.07, 6.45) is 0.241. The third kappa shape index (κ3) is 7.16. The van der Waals surface area contributed by atoms with Gasteiger partial charge in [-0.2, -0.15) is 0 Å². The highest BCUT2D eigenvalue weighted by atomic mass is 32.2. The third-order valence-corrected chi connectivity index (χ3v) is 1.56. The Bertz CT molecular complexity index is 133. The van der Waals surface area contributed by atoms with Crippen LogP contribution >= 0.6 is 11.8 Å². The molecule has 0 spiro atoms. The Kier molecular flexibility index (Phi) is 4.57. The van der Waals surface area contributed by atoms with Gasteiger partial charge < -0.3 is 15.1 Å². The van der Waals surface area contributed by atoms with Gasteiger partial charge >= 0.3 is 6.16 Å². The zero-order valence-electron chi connectivity index (χ0n) is 5.52. The summed E-state index contributed by atoms with van der Waals surface area (Å²) in [5.74, 6) is 1.12. The van der Waals surface area contributed by atoms with E-state index in [9.17, 15) is 0 Å². The fraction of sp³-hybridized carbons (Fsp3) is 0.400. The fourth-order valence-corrected chi connectivity index (χ4v) is 1.05. The Morgan fingerprint density at radius 1 is 1.70 bits per heavy atom. The lowest BCUT2D eigenvalue weighted by Crippen LogP contribution is -2.02. The minimum atomic E-state index is -1.83. The summed E-state index contributed by atoms with van der Waals surface area (Å²) in [6, 6.07) is 0. The van der Waals surface area contributed by atoms with Crippen LogP contribution in [0.15, 0.2) is 11.6 Å². The van der Waals surface area contributed by atoms with Crippen LogP contribution in [0.2, 0.25) is 0 Å². The molecule has 0 fully saturated rings. The molecule has 58 valence electrons. The highest BCUT2D eigenvalue weighted by molar-refractivity contribution is 8.02. The van der Waals surface area contributed by atoms with Gasteiger partial charge in [-0.1, -0.05) is 0 Å². The molecule has 0 saturated heterocycles. The molecule has 5 heteroatoms. The van der Waals surface area contributed by atoms with Crippen molar-refractivity contribution in [2.24, 2.45) is 0 Å². The maximum Gasteiger partial charge on any atom is 0.503 e. The van der Waals surface area contributed by atoms with Gasteiger partial charge in [-0.15, -0.1) is 11.8 Å². The lowest BCUT2D eigenvalue weighted by Gasteiger charge is -2.01. The third-order valence-electron chi connectivity index (χ3n) is 0.690. The van der Waals surface area contributed by atoms with Gasteiger partial charge in [0, 0.05) is 13.2 Å². The monoisotopic (exact) mass is 163 g/mol. The molecule has 0 saturated carbocycles. The molecule has 0 aromatic heterocycles. The molecule has 4 nitrogen and oxygen atoms in total. The Balaban J connectivity index is 0.000000180. The van der Waals surface area contributed by atoms with Crippen LogP contribution in [0, 0.1) is 0 Å². The smallest absolute Gasteiger partial charge is 0.450 e.